The molecule has 2 aromatic rings. The molecule has 0 fully saturated rings. The number of unbranched alkanes of at least 4 members (excludes halogenated alkanes) is 1. The van der Waals surface area contributed by atoms with Crippen LogP contribution in [0.3, 0.4) is 0 Å². The first-order valence-electron chi connectivity index (χ1n) is 7.50. The van der Waals surface area contributed by atoms with Crippen LogP contribution in [0.4, 0.5) is 5.69 Å². The molecule has 1 aliphatic heterocycles. The van der Waals surface area contributed by atoms with E-state index in [1.807, 2.05) is 12.1 Å². The van der Waals surface area contributed by atoms with E-state index >= 15 is 0 Å². The number of hydrogen-bond donors (Lipinski definition) is 0. The number of imide groups is 1. The fraction of sp³-hybridized carbons (Fsp3) is 0.222. The third kappa shape index (κ3) is 2.88. The molecule has 2 amide bonds. The van der Waals surface area contributed by atoms with Crippen LogP contribution in [0.15, 0.2) is 45.3 Å². The van der Waals surface area contributed by atoms with Gasteiger partial charge in [-0.15, -0.1) is 0 Å². The number of amides is 2. The zero-order valence-corrected chi connectivity index (χ0v) is 15.8. The Hall–Kier alpha value is -1.46. The Balaban J connectivity index is 2.03. The first-order chi connectivity index (χ1) is 11.0. The first-order valence-corrected chi connectivity index (χ1v) is 9.09. The Labute approximate surface area is 151 Å². The van der Waals surface area contributed by atoms with E-state index in [9.17, 15) is 9.59 Å². The van der Waals surface area contributed by atoms with Crippen LogP contribution in [0.25, 0.3) is 0 Å². The lowest BCUT2D eigenvalue weighted by Crippen LogP contribution is -2.30. The van der Waals surface area contributed by atoms with Gasteiger partial charge in [0.05, 0.1) is 16.8 Å². The average Bonchev–Trinajstić information content (AvgIpc) is 2.78. The molecule has 0 spiro atoms. The van der Waals surface area contributed by atoms with Crippen molar-refractivity contribution in [2.75, 3.05) is 4.90 Å². The van der Waals surface area contributed by atoms with Crippen LogP contribution in [0, 0.1) is 0 Å². The zero-order valence-electron chi connectivity index (χ0n) is 12.6. The SMILES string of the molecule is CCCCc1cc(Br)c(N2C(=O)c3ccccc3C2=O)c(Br)c1. The van der Waals surface area contributed by atoms with Crippen LogP contribution in [0.1, 0.15) is 46.0 Å². The van der Waals surface area contributed by atoms with Crippen molar-refractivity contribution < 1.29 is 9.59 Å². The normalized spacial score (nSPS) is 13.6. The summed E-state index contributed by atoms with van der Waals surface area (Å²) >= 11 is 7.05. The topological polar surface area (TPSA) is 37.4 Å². The zero-order chi connectivity index (χ0) is 16.6. The number of benzene rings is 2. The third-order valence-electron chi connectivity index (χ3n) is 3.91. The van der Waals surface area contributed by atoms with E-state index in [2.05, 4.69) is 38.8 Å². The Morgan fingerprint density at radius 2 is 1.48 bits per heavy atom. The van der Waals surface area contributed by atoms with Gasteiger partial charge in [0.2, 0.25) is 0 Å². The molecular weight excluding hydrogens is 422 g/mol. The number of nitrogens with zero attached hydrogens (tertiary/aromatic N) is 1. The fourth-order valence-electron chi connectivity index (χ4n) is 2.75. The Kier molecular flexibility index (Phi) is 4.69. The summed E-state index contributed by atoms with van der Waals surface area (Å²) in [6, 6.07) is 10.9. The number of carbonyl (C=O) groups is 2. The first kappa shape index (κ1) is 16.4. The van der Waals surface area contributed by atoms with E-state index in [0.717, 1.165) is 28.2 Å². The van der Waals surface area contributed by atoms with E-state index in [-0.39, 0.29) is 11.8 Å². The Morgan fingerprint density at radius 1 is 0.957 bits per heavy atom. The highest BCUT2D eigenvalue weighted by Crippen LogP contribution is 2.39. The molecule has 23 heavy (non-hydrogen) atoms. The van der Waals surface area contributed by atoms with Crippen LogP contribution in [0.5, 0.6) is 0 Å². The summed E-state index contributed by atoms with van der Waals surface area (Å²) < 4.78 is 1.49. The maximum absolute atomic E-state index is 12.6. The largest absolute Gasteiger partial charge is 0.268 e. The van der Waals surface area contributed by atoms with Crippen LogP contribution >= 0.6 is 31.9 Å². The molecule has 3 nitrogen and oxygen atoms in total. The molecule has 2 aromatic carbocycles. The molecule has 0 saturated heterocycles. The van der Waals surface area contributed by atoms with E-state index in [1.54, 1.807) is 24.3 Å². The van der Waals surface area contributed by atoms with Crippen LogP contribution in [0.2, 0.25) is 0 Å². The van der Waals surface area contributed by atoms with Crippen molar-refractivity contribution >= 4 is 49.4 Å². The summed E-state index contributed by atoms with van der Waals surface area (Å²) in [5.74, 6) is -0.568. The fourth-order valence-corrected chi connectivity index (χ4v) is 4.39. The van der Waals surface area contributed by atoms with Crippen molar-refractivity contribution in [2.24, 2.45) is 0 Å². The summed E-state index contributed by atoms with van der Waals surface area (Å²) in [7, 11) is 0. The van der Waals surface area contributed by atoms with Crippen LogP contribution in [-0.4, -0.2) is 11.8 Å². The number of aryl methyl sites for hydroxylation is 1. The number of carbonyl (C=O) groups excluding carboxylic acids is 2. The van der Waals surface area contributed by atoms with Gasteiger partial charge in [0.1, 0.15) is 0 Å². The molecule has 118 valence electrons. The van der Waals surface area contributed by atoms with E-state index in [1.165, 1.54) is 10.5 Å². The highest BCUT2D eigenvalue weighted by atomic mass is 79.9. The lowest BCUT2D eigenvalue weighted by atomic mass is 10.1. The molecule has 0 saturated carbocycles. The molecule has 0 aromatic heterocycles. The van der Waals surface area contributed by atoms with E-state index in [4.69, 9.17) is 0 Å². The minimum absolute atomic E-state index is 0.284. The predicted octanol–water partition coefficient (Wildman–Crippen LogP) is 5.35. The lowest BCUT2D eigenvalue weighted by molar-refractivity contribution is 0.0926. The van der Waals surface area contributed by atoms with E-state index in [0.29, 0.717) is 16.8 Å². The van der Waals surface area contributed by atoms with Gasteiger partial charge in [-0.25, -0.2) is 4.90 Å². The van der Waals surface area contributed by atoms with Crippen molar-refractivity contribution in [1.29, 1.82) is 0 Å². The highest BCUT2D eigenvalue weighted by Gasteiger charge is 2.38. The van der Waals surface area contributed by atoms with Crippen molar-refractivity contribution in [3.63, 3.8) is 0 Å². The summed E-state index contributed by atoms with van der Waals surface area (Å²) in [6.45, 7) is 2.15. The average molecular weight is 437 g/mol. The smallest absolute Gasteiger partial charge is 0.266 e. The minimum Gasteiger partial charge on any atom is -0.268 e. The van der Waals surface area contributed by atoms with Gasteiger partial charge in [0.25, 0.3) is 11.8 Å². The van der Waals surface area contributed by atoms with Gasteiger partial charge in [-0.3, -0.25) is 9.59 Å². The molecule has 5 heteroatoms. The standard InChI is InChI=1S/C18H15Br2NO2/c1-2-3-6-11-9-14(19)16(15(20)10-11)21-17(22)12-7-4-5-8-13(12)18(21)23/h4-5,7-10H,2-3,6H2,1H3. The Bertz CT molecular complexity index is 743. The molecular formula is C18H15Br2NO2. The van der Waals surface area contributed by atoms with Crippen molar-refractivity contribution in [3.05, 3.63) is 62.0 Å². The van der Waals surface area contributed by atoms with Gasteiger partial charge in [0, 0.05) is 8.95 Å². The second kappa shape index (κ2) is 6.57. The molecule has 1 heterocycles. The highest BCUT2D eigenvalue weighted by molar-refractivity contribution is 9.11. The van der Waals surface area contributed by atoms with E-state index < -0.39 is 0 Å². The van der Waals surface area contributed by atoms with Crippen molar-refractivity contribution in [2.45, 2.75) is 26.2 Å². The van der Waals surface area contributed by atoms with Gasteiger partial charge >= 0.3 is 0 Å². The van der Waals surface area contributed by atoms with Crippen molar-refractivity contribution in [3.8, 4) is 0 Å². The number of halogens is 2. The van der Waals surface area contributed by atoms with Gasteiger partial charge in [-0.1, -0.05) is 25.5 Å². The molecule has 0 bridgehead atoms. The van der Waals surface area contributed by atoms with Gasteiger partial charge in [-0.05, 0) is 74.5 Å². The van der Waals surface area contributed by atoms with Gasteiger partial charge < -0.3 is 0 Å². The molecule has 0 atom stereocenters. The number of fused-ring (bicyclic) bond motifs is 1. The second-order valence-electron chi connectivity index (χ2n) is 5.50. The summed E-state index contributed by atoms with van der Waals surface area (Å²) in [4.78, 5) is 26.5. The predicted molar refractivity (Wildman–Crippen MR) is 98.0 cm³/mol. The van der Waals surface area contributed by atoms with Crippen LogP contribution in [-0.2, 0) is 6.42 Å². The molecule has 0 radical (unpaired) electrons. The van der Waals surface area contributed by atoms with Crippen LogP contribution < -0.4 is 4.90 Å². The summed E-state index contributed by atoms with van der Waals surface area (Å²) in [6.07, 6.45) is 3.19. The quantitative estimate of drug-likeness (QED) is 0.605. The summed E-state index contributed by atoms with van der Waals surface area (Å²) in [5.41, 5.74) is 2.64. The molecule has 3 rings (SSSR count). The molecule has 0 unspecified atom stereocenters. The molecule has 0 aliphatic carbocycles. The number of rotatable bonds is 4. The van der Waals surface area contributed by atoms with Gasteiger partial charge in [-0.2, -0.15) is 0 Å². The number of anilines is 1. The maximum atomic E-state index is 12.6. The Morgan fingerprint density at radius 3 is 1.96 bits per heavy atom. The molecule has 0 N–H and O–H groups in total. The van der Waals surface area contributed by atoms with Gasteiger partial charge in [0.15, 0.2) is 0 Å². The lowest BCUT2D eigenvalue weighted by Gasteiger charge is -2.18. The monoisotopic (exact) mass is 435 g/mol. The second-order valence-corrected chi connectivity index (χ2v) is 7.21. The number of hydrogen-bond acceptors (Lipinski definition) is 2. The summed E-state index contributed by atoms with van der Waals surface area (Å²) in [5, 5.41) is 0. The minimum atomic E-state index is -0.284. The maximum Gasteiger partial charge on any atom is 0.266 e. The molecule has 1 aliphatic rings. The van der Waals surface area contributed by atoms with Crippen molar-refractivity contribution in [1.82, 2.24) is 0 Å². The third-order valence-corrected chi connectivity index (χ3v) is 5.12.